The maximum Gasteiger partial charge on any atom is 0.123 e. The largest absolute Gasteiger partial charge is 0.380 e. The van der Waals surface area contributed by atoms with Gasteiger partial charge in [0.15, 0.2) is 0 Å². The third-order valence-corrected chi connectivity index (χ3v) is 2.64. The van der Waals surface area contributed by atoms with Gasteiger partial charge in [-0.2, -0.15) is 0 Å². The van der Waals surface area contributed by atoms with E-state index < -0.39 is 0 Å². The molecule has 0 aliphatic rings. The quantitative estimate of drug-likeness (QED) is 0.681. The lowest BCUT2D eigenvalue weighted by molar-refractivity contribution is 0.148. The van der Waals surface area contributed by atoms with Gasteiger partial charge >= 0.3 is 0 Å². The molecule has 0 aliphatic heterocycles. The molecule has 0 bridgehead atoms. The highest BCUT2D eigenvalue weighted by Crippen LogP contribution is 2.05. The van der Waals surface area contributed by atoms with Crippen LogP contribution in [-0.4, -0.2) is 44.8 Å². The minimum Gasteiger partial charge on any atom is -0.380 e. The topological polar surface area (TPSA) is 24.5 Å². The number of likely N-dealkylation sites (N-methyl/N-ethyl adjacent to an activating group) is 1. The summed E-state index contributed by atoms with van der Waals surface area (Å²) in [6.07, 6.45) is 0. The molecule has 102 valence electrons. The van der Waals surface area contributed by atoms with E-state index in [1.54, 1.807) is 12.1 Å². The number of rotatable bonds is 9. The summed E-state index contributed by atoms with van der Waals surface area (Å²) in [5.41, 5.74) is 1.01. The summed E-state index contributed by atoms with van der Waals surface area (Å²) in [6, 6.07) is 6.75. The fourth-order valence-corrected chi connectivity index (χ4v) is 1.71. The van der Waals surface area contributed by atoms with Gasteiger partial charge in [-0.1, -0.05) is 12.1 Å². The second-order valence-electron chi connectivity index (χ2n) is 4.31. The zero-order valence-corrected chi connectivity index (χ0v) is 11.3. The summed E-state index contributed by atoms with van der Waals surface area (Å²) in [7, 11) is 2.04. The van der Waals surface area contributed by atoms with Crippen molar-refractivity contribution in [3.05, 3.63) is 35.6 Å². The van der Waals surface area contributed by atoms with Gasteiger partial charge in [-0.25, -0.2) is 4.39 Å². The molecule has 18 heavy (non-hydrogen) atoms. The number of nitrogens with zero attached hydrogens (tertiary/aromatic N) is 1. The van der Waals surface area contributed by atoms with Gasteiger partial charge in [-0.15, -0.1) is 0 Å². The van der Waals surface area contributed by atoms with Crippen molar-refractivity contribution in [3.8, 4) is 0 Å². The summed E-state index contributed by atoms with van der Waals surface area (Å²) < 4.78 is 18.2. The second kappa shape index (κ2) is 9.03. The molecule has 0 aliphatic carbocycles. The number of halogens is 1. The zero-order chi connectivity index (χ0) is 13.2. The molecule has 1 aromatic carbocycles. The molecule has 0 saturated heterocycles. The Kier molecular flexibility index (Phi) is 7.57. The van der Waals surface area contributed by atoms with Crippen molar-refractivity contribution in [2.24, 2.45) is 0 Å². The van der Waals surface area contributed by atoms with E-state index in [9.17, 15) is 4.39 Å². The van der Waals surface area contributed by atoms with E-state index in [1.807, 2.05) is 20.0 Å². The lowest BCUT2D eigenvalue weighted by atomic mass is 10.2. The zero-order valence-electron chi connectivity index (χ0n) is 11.3. The maximum atomic E-state index is 13.0. The fourth-order valence-electron chi connectivity index (χ4n) is 1.71. The van der Waals surface area contributed by atoms with Gasteiger partial charge in [0.1, 0.15) is 5.82 Å². The van der Waals surface area contributed by atoms with Crippen LogP contribution in [0.15, 0.2) is 24.3 Å². The lowest BCUT2D eigenvalue weighted by Gasteiger charge is -2.17. The van der Waals surface area contributed by atoms with Crippen molar-refractivity contribution in [2.45, 2.75) is 13.5 Å². The van der Waals surface area contributed by atoms with Crippen molar-refractivity contribution in [3.63, 3.8) is 0 Å². The van der Waals surface area contributed by atoms with Gasteiger partial charge in [-0.3, -0.25) is 0 Å². The Morgan fingerprint density at radius 1 is 1.33 bits per heavy atom. The van der Waals surface area contributed by atoms with Crippen LogP contribution in [-0.2, 0) is 11.3 Å². The average Bonchev–Trinajstić information content (AvgIpc) is 2.33. The first-order chi connectivity index (χ1) is 8.72. The highest BCUT2D eigenvalue weighted by Gasteiger charge is 2.00. The van der Waals surface area contributed by atoms with Gasteiger partial charge in [-0.05, 0) is 31.7 Å². The highest BCUT2D eigenvalue weighted by atomic mass is 19.1. The van der Waals surface area contributed by atoms with E-state index >= 15 is 0 Å². The van der Waals surface area contributed by atoms with E-state index in [2.05, 4.69) is 10.2 Å². The van der Waals surface area contributed by atoms with E-state index in [1.165, 1.54) is 6.07 Å². The summed E-state index contributed by atoms with van der Waals surface area (Å²) in [5.74, 6) is -0.171. The molecular formula is C14H23FN2O. The molecule has 0 saturated carbocycles. The SMILES string of the molecule is CCOCCNCCN(C)Cc1cccc(F)c1. The molecule has 0 heterocycles. The molecule has 0 radical (unpaired) electrons. The van der Waals surface area contributed by atoms with Crippen LogP contribution in [0.2, 0.25) is 0 Å². The average molecular weight is 254 g/mol. The Hall–Kier alpha value is -0.970. The van der Waals surface area contributed by atoms with Gasteiger partial charge in [0.05, 0.1) is 6.61 Å². The van der Waals surface area contributed by atoms with Gasteiger partial charge in [0.2, 0.25) is 0 Å². The molecular weight excluding hydrogens is 231 g/mol. The van der Waals surface area contributed by atoms with Crippen molar-refractivity contribution in [1.82, 2.24) is 10.2 Å². The van der Waals surface area contributed by atoms with Gasteiger partial charge in [0, 0.05) is 32.8 Å². The minimum absolute atomic E-state index is 0.171. The van der Waals surface area contributed by atoms with E-state index in [4.69, 9.17) is 4.74 Å². The maximum absolute atomic E-state index is 13.0. The molecule has 0 aromatic heterocycles. The van der Waals surface area contributed by atoms with E-state index in [0.29, 0.717) is 0 Å². The molecule has 0 fully saturated rings. The molecule has 0 amide bonds. The third-order valence-electron chi connectivity index (χ3n) is 2.64. The smallest absolute Gasteiger partial charge is 0.123 e. The minimum atomic E-state index is -0.171. The number of benzene rings is 1. The first-order valence-corrected chi connectivity index (χ1v) is 6.44. The Morgan fingerprint density at radius 3 is 2.89 bits per heavy atom. The molecule has 3 nitrogen and oxygen atoms in total. The van der Waals surface area contributed by atoms with E-state index in [0.717, 1.165) is 45.0 Å². The number of hydrogen-bond donors (Lipinski definition) is 1. The fraction of sp³-hybridized carbons (Fsp3) is 0.571. The Balaban J connectivity index is 2.12. The van der Waals surface area contributed by atoms with Crippen LogP contribution in [0.4, 0.5) is 4.39 Å². The summed E-state index contributed by atoms with van der Waals surface area (Å²) in [4.78, 5) is 2.17. The van der Waals surface area contributed by atoms with Gasteiger partial charge < -0.3 is 15.0 Å². The van der Waals surface area contributed by atoms with Crippen LogP contribution in [0, 0.1) is 5.82 Å². The Bertz CT molecular complexity index is 333. The summed E-state index contributed by atoms with van der Waals surface area (Å²) in [5, 5.41) is 3.31. The van der Waals surface area contributed by atoms with Gasteiger partial charge in [0.25, 0.3) is 0 Å². The van der Waals surface area contributed by atoms with Crippen molar-refractivity contribution in [2.75, 3.05) is 39.9 Å². The molecule has 4 heteroatoms. The monoisotopic (exact) mass is 254 g/mol. The van der Waals surface area contributed by atoms with Crippen molar-refractivity contribution in [1.29, 1.82) is 0 Å². The van der Waals surface area contributed by atoms with Crippen LogP contribution in [0.3, 0.4) is 0 Å². The standard InChI is InChI=1S/C14H23FN2O/c1-3-18-10-8-16-7-9-17(2)12-13-5-4-6-14(15)11-13/h4-6,11,16H,3,7-10,12H2,1-2H3. The Morgan fingerprint density at radius 2 is 2.17 bits per heavy atom. The van der Waals surface area contributed by atoms with Crippen LogP contribution in [0.1, 0.15) is 12.5 Å². The van der Waals surface area contributed by atoms with Crippen LogP contribution in [0.5, 0.6) is 0 Å². The molecule has 1 N–H and O–H groups in total. The number of hydrogen-bond acceptors (Lipinski definition) is 3. The van der Waals surface area contributed by atoms with Crippen LogP contribution in [0.25, 0.3) is 0 Å². The summed E-state index contributed by atoms with van der Waals surface area (Å²) >= 11 is 0. The predicted molar refractivity (Wildman–Crippen MR) is 72.1 cm³/mol. The number of ether oxygens (including phenoxy) is 1. The Labute approximate surface area is 109 Å². The highest BCUT2D eigenvalue weighted by molar-refractivity contribution is 5.15. The normalized spacial score (nSPS) is 11.1. The molecule has 0 unspecified atom stereocenters. The molecule has 1 aromatic rings. The second-order valence-corrected chi connectivity index (χ2v) is 4.31. The molecule has 0 atom stereocenters. The molecule has 0 spiro atoms. The summed E-state index contributed by atoms with van der Waals surface area (Å²) in [6.45, 7) is 7.01. The number of nitrogens with one attached hydrogen (secondary N) is 1. The third kappa shape index (κ3) is 6.69. The van der Waals surface area contributed by atoms with Crippen molar-refractivity contribution >= 4 is 0 Å². The molecule has 1 rings (SSSR count). The first-order valence-electron chi connectivity index (χ1n) is 6.44. The lowest BCUT2D eigenvalue weighted by Crippen LogP contribution is -2.30. The van der Waals surface area contributed by atoms with Crippen molar-refractivity contribution < 1.29 is 9.13 Å². The first kappa shape index (κ1) is 15.1. The van der Waals surface area contributed by atoms with Crippen LogP contribution >= 0.6 is 0 Å². The predicted octanol–water partition coefficient (Wildman–Crippen LogP) is 1.88. The van der Waals surface area contributed by atoms with E-state index in [-0.39, 0.29) is 5.82 Å². The van der Waals surface area contributed by atoms with Crippen LogP contribution < -0.4 is 5.32 Å².